The number of unbranched alkanes of at least 4 members (excludes halogenated alkanes) is 3. The standard InChI is InChI=1S/C29H70O5Si5/c1-13-30-35(12,31-14-2)28-26-24-25-27-29-39(32-36(15-3,16-4)17-5,33-37(18-6,19-7)20-8)34-38(21-9,22-10)23-11/h13-29H2,1-12H3. The van der Waals surface area contributed by atoms with Gasteiger partial charge >= 0.3 is 17.4 Å². The molecule has 0 aliphatic heterocycles. The molecule has 0 bridgehead atoms. The van der Waals surface area contributed by atoms with Crippen molar-refractivity contribution in [2.45, 2.75) is 175 Å². The summed E-state index contributed by atoms with van der Waals surface area (Å²) in [6.07, 6.45) is 4.72. The van der Waals surface area contributed by atoms with E-state index in [0.717, 1.165) is 86.1 Å². The first-order valence-corrected chi connectivity index (χ1v) is 28.9. The van der Waals surface area contributed by atoms with Gasteiger partial charge in [-0.2, -0.15) is 0 Å². The lowest BCUT2D eigenvalue weighted by Gasteiger charge is -2.48. The molecule has 0 atom stereocenters. The Hall–Kier alpha value is 0.884. The Morgan fingerprint density at radius 3 is 0.923 bits per heavy atom. The van der Waals surface area contributed by atoms with E-state index in [1.54, 1.807) is 0 Å². The average Bonchev–Trinajstić information content (AvgIpc) is 2.96. The zero-order valence-corrected chi connectivity index (χ0v) is 33.6. The molecular formula is C29H70O5Si5. The first kappa shape index (κ1) is 39.9. The van der Waals surface area contributed by atoms with Crippen molar-refractivity contribution in [2.24, 2.45) is 0 Å². The third kappa shape index (κ3) is 12.6. The van der Waals surface area contributed by atoms with Gasteiger partial charge in [-0.15, -0.1) is 0 Å². The molecule has 236 valence electrons. The highest BCUT2D eigenvalue weighted by atomic mass is 28.5. The van der Waals surface area contributed by atoms with Gasteiger partial charge in [-0.05, 0) is 87.3 Å². The fraction of sp³-hybridized carbons (Fsp3) is 1.00. The Morgan fingerprint density at radius 2 is 0.667 bits per heavy atom. The lowest BCUT2D eigenvalue weighted by Crippen LogP contribution is -2.64. The molecule has 0 aromatic carbocycles. The van der Waals surface area contributed by atoms with E-state index in [0.29, 0.717) is 0 Å². The van der Waals surface area contributed by atoms with Crippen LogP contribution in [0, 0.1) is 0 Å². The molecule has 0 aromatic heterocycles. The van der Waals surface area contributed by atoms with E-state index in [-0.39, 0.29) is 0 Å². The summed E-state index contributed by atoms with van der Waals surface area (Å²) in [5.41, 5.74) is 0. The minimum Gasteiger partial charge on any atom is -0.416 e. The van der Waals surface area contributed by atoms with Gasteiger partial charge in [-0.25, -0.2) is 0 Å². The molecule has 0 unspecified atom stereocenters. The Morgan fingerprint density at radius 1 is 0.385 bits per heavy atom. The minimum absolute atomic E-state index is 0.747. The van der Waals surface area contributed by atoms with Crippen molar-refractivity contribution in [1.82, 2.24) is 0 Å². The predicted octanol–water partition coefficient (Wildman–Crippen LogP) is 10.7. The van der Waals surface area contributed by atoms with Crippen molar-refractivity contribution >= 4 is 42.3 Å². The lowest BCUT2D eigenvalue weighted by molar-refractivity contribution is 0.188. The Bertz CT molecular complexity index is 527. The molecule has 0 aliphatic carbocycles. The summed E-state index contributed by atoms with van der Waals surface area (Å²) in [4.78, 5) is 0. The van der Waals surface area contributed by atoms with E-state index < -0.39 is 42.3 Å². The van der Waals surface area contributed by atoms with E-state index >= 15 is 0 Å². The fourth-order valence-corrected chi connectivity index (χ4v) is 29.7. The quantitative estimate of drug-likeness (QED) is 0.0696. The molecule has 10 heteroatoms. The van der Waals surface area contributed by atoms with Gasteiger partial charge in [0.25, 0.3) is 0 Å². The summed E-state index contributed by atoms with van der Waals surface area (Å²) in [6, 6.07) is 12.4. The zero-order valence-electron chi connectivity index (χ0n) is 28.6. The topological polar surface area (TPSA) is 46.2 Å². The van der Waals surface area contributed by atoms with Crippen molar-refractivity contribution in [1.29, 1.82) is 0 Å². The van der Waals surface area contributed by atoms with Crippen molar-refractivity contribution < 1.29 is 21.2 Å². The molecule has 0 radical (unpaired) electrons. The highest BCUT2D eigenvalue weighted by Gasteiger charge is 2.54. The van der Waals surface area contributed by atoms with Crippen LogP contribution in [0.4, 0.5) is 0 Å². The van der Waals surface area contributed by atoms with Gasteiger partial charge in [0.2, 0.25) is 0 Å². The van der Waals surface area contributed by atoms with Crippen molar-refractivity contribution in [3.63, 3.8) is 0 Å². The lowest BCUT2D eigenvalue weighted by atomic mass is 10.2. The van der Waals surface area contributed by atoms with Gasteiger partial charge in [0.15, 0.2) is 25.0 Å². The van der Waals surface area contributed by atoms with E-state index in [2.05, 4.69) is 82.7 Å². The number of hydrogen-bond acceptors (Lipinski definition) is 5. The maximum absolute atomic E-state index is 7.59. The van der Waals surface area contributed by atoms with Crippen LogP contribution in [0.1, 0.15) is 102 Å². The summed E-state index contributed by atoms with van der Waals surface area (Å²) in [5, 5.41) is 0. The highest BCUT2D eigenvalue weighted by molar-refractivity contribution is 6.92. The highest BCUT2D eigenvalue weighted by Crippen LogP contribution is 2.39. The third-order valence-electron chi connectivity index (χ3n) is 9.68. The average molecular weight is 639 g/mol. The largest absolute Gasteiger partial charge is 0.469 e. The van der Waals surface area contributed by atoms with E-state index in [9.17, 15) is 0 Å². The Kier molecular flexibility index (Phi) is 20.4. The van der Waals surface area contributed by atoms with Gasteiger partial charge in [-0.3, -0.25) is 0 Å². The van der Waals surface area contributed by atoms with Crippen molar-refractivity contribution in [3.8, 4) is 0 Å². The molecule has 0 aliphatic rings. The van der Waals surface area contributed by atoms with E-state index in [1.807, 2.05) is 0 Å². The van der Waals surface area contributed by atoms with Gasteiger partial charge in [-0.1, -0.05) is 81.6 Å². The molecule has 0 fully saturated rings. The van der Waals surface area contributed by atoms with Gasteiger partial charge < -0.3 is 21.2 Å². The number of hydrogen-bond donors (Lipinski definition) is 0. The van der Waals surface area contributed by atoms with E-state index in [1.165, 1.54) is 19.3 Å². The molecule has 0 N–H and O–H groups in total. The monoisotopic (exact) mass is 638 g/mol. The van der Waals surface area contributed by atoms with Gasteiger partial charge in [0.05, 0.1) is 0 Å². The summed E-state index contributed by atoms with van der Waals surface area (Å²) in [7, 11) is -10.7. The normalized spacial score (nSPS) is 13.8. The maximum Gasteiger partial charge on any atom is 0.469 e. The molecule has 0 heterocycles. The smallest absolute Gasteiger partial charge is 0.416 e. The van der Waals surface area contributed by atoms with Crippen molar-refractivity contribution in [2.75, 3.05) is 13.2 Å². The van der Waals surface area contributed by atoms with E-state index in [4.69, 9.17) is 21.2 Å². The zero-order chi connectivity index (χ0) is 30.1. The SMILES string of the molecule is CCO[Si](C)(CCCCCC[Si](O[Si](CC)(CC)CC)(O[Si](CC)(CC)CC)O[Si](CC)(CC)CC)OCC. The molecular weight excluding hydrogens is 569 g/mol. The van der Waals surface area contributed by atoms with Crippen LogP contribution in [0.25, 0.3) is 0 Å². The Labute approximate surface area is 250 Å². The van der Waals surface area contributed by atoms with Crippen LogP contribution in [0.3, 0.4) is 0 Å². The van der Waals surface area contributed by atoms with Crippen LogP contribution in [0.15, 0.2) is 0 Å². The predicted molar refractivity (Wildman–Crippen MR) is 184 cm³/mol. The Balaban J connectivity index is 6.14. The molecule has 0 rings (SSSR count). The molecule has 39 heavy (non-hydrogen) atoms. The summed E-state index contributed by atoms with van der Waals surface area (Å²) >= 11 is 0. The van der Waals surface area contributed by atoms with Crippen LogP contribution in [-0.2, 0) is 21.2 Å². The van der Waals surface area contributed by atoms with Crippen LogP contribution in [-0.4, -0.2) is 55.5 Å². The second kappa shape index (κ2) is 20.0. The van der Waals surface area contributed by atoms with Gasteiger partial charge in [0, 0.05) is 19.3 Å². The van der Waals surface area contributed by atoms with Crippen LogP contribution >= 0.6 is 0 Å². The second-order valence-electron chi connectivity index (χ2n) is 11.6. The molecule has 0 amide bonds. The third-order valence-corrected chi connectivity index (χ3v) is 34.2. The first-order valence-electron chi connectivity index (χ1n) is 16.9. The summed E-state index contributed by atoms with van der Waals surface area (Å²) < 4.78 is 34.9. The molecule has 0 saturated heterocycles. The fourth-order valence-electron chi connectivity index (χ4n) is 6.04. The summed E-state index contributed by atoms with van der Waals surface area (Å²) in [6.45, 7) is 29.1. The maximum atomic E-state index is 7.59. The molecule has 0 saturated carbocycles. The van der Waals surface area contributed by atoms with Crippen LogP contribution in [0.5, 0.6) is 0 Å². The van der Waals surface area contributed by atoms with Crippen molar-refractivity contribution in [3.05, 3.63) is 0 Å². The molecule has 0 spiro atoms. The first-order chi connectivity index (χ1) is 18.5. The molecule has 0 aromatic rings. The summed E-state index contributed by atoms with van der Waals surface area (Å²) in [5.74, 6) is 0. The molecule has 5 nitrogen and oxygen atoms in total. The van der Waals surface area contributed by atoms with Crippen LogP contribution < -0.4 is 0 Å². The number of rotatable bonds is 26. The minimum atomic E-state index is -2.87. The van der Waals surface area contributed by atoms with Gasteiger partial charge in [0.1, 0.15) is 0 Å². The second-order valence-corrected chi connectivity index (χ2v) is 32.8. The van der Waals surface area contributed by atoms with Crippen LogP contribution in [0.2, 0.25) is 73.0 Å².